The predicted molar refractivity (Wildman–Crippen MR) is 111 cm³/mol. The summed E-state index contributed by atoms with van der Waals surface area (Å²) in [5, 5.41) is 3.05. The SMILES string of the molecule is Cc1ccc(C(N)C(=O)N2CCC(NC(=O)c3cc(C)oc3C)CC2)cc1.Cl. The molecule has 1 aliphatic rings. The molecule has 2 amide bonds. The highest BCUT2D eigenvalue weighted by Crippen LogP contribution is 2.19. The van der Waals surface area contributed by atoms with Crippen molar-refractivity contribution in [3.05, 3.63) is 58.5 Å². The van der Waals surface area contributed by atoms with Gasteiger partial charge < -0.3 is 20.4 Å². The highest BCUT2D eigenvalue weighted by atomic mass is 35.5. The fraction of sp³-hybridized carbons (Fsp3) is 0.429. The van der Waals surface area contributed by atoms with Crippen molar-refractivity contribution in [3.63, 3.8) is 0 Å². The summed E-state index contributed by atoms with van der Waals surface area (Å²) in [5.74, 6) is 1.17. The molecule has 0 aliphatic carbocycles. The van der Waals surface area contributed by atoms with Gasteiger partial charge >= 0.3 is 0 Å². The van der Waals surface area contributed by atoms with Crippen LogP contribution in [0, 0.1) is 20.8 Å². The number of nitrogens with two attached hydrogens (primary N) is 1. The maximum absolute atomic E-state index is 12.7. The van der Waals surface area contributed by atoms with Gasteiger partial charge in [-0.3, -0.25) is 9.59 Å². The quantitative estimate of drug-likeness (QED) is 0.818. The van der Waals surface area contributed by atoms with Crippen molar-refractivity contribution in [2.75, 3.05) is 13.1 Å². The Kier molecular flexibility index (Phi) is 7.27. The minimum absolute atomic E-state index is 0. The Labute approximate surface area is 171 Å². The van der Waals surface area contributed by atoms with Gasteiger partial charge in [0.05, 0.1) is 5.56 Å². The van der Waals surface area contributed by atoms with Crippen LogP contribution in [-0.4, -0.2) is 35.8 Å². The summed E-state index contributed by atoms with van der Waals surface area (Å²) in [7, 11) is 0. The predicted octanol–water partition coefficient (Wildman–Crippen LogP) is 3.05. The van der Waals surface area contributed by atoms with E-state index in [1.807, 2.05) is 38.1 Å². The summed E-state index contributed by atoms with van der Waals surface area (Å²) in [6.45, 7) is 6.79. The Morgan fingerprint density at radius 2 is 1.75 bits per heavy atom. The van der Waals surface area contributed by atoms with Gasteiger partial charge in [-0.2, -0.15) is 0 Å². The number of benzene rings is 1. The Bertz CT molecular complexity index is 824. The standard InChI is InChI=1S/C21H27N3O3.ClH/c1-13-4-6-16(7-5-13)19(22)21(26)24-10-8-17(9-11-24)23-20(25)18-12-14(2)27-15(18)3;/h4-7,12,17,19H,8-11,22H2,1-3H3,(H,23,25);1H. The van der Waals surface area contributed by atoms with Gasteiger partial charge in [-0.1, -0.05) is 29.8 Å². The Morgan fingerprint density at radius 1 is 1.14 bits per heavy atom. The average molecular weight is 406 g/mol. The van der Waals surface area contributed by atoms with Crippen molar-refractivity contribution in [2.45, 2.75) is 45.7 Å². The van der Waals surface area contributed by atoms with E-state index in [1.165, 1.54) is 0 Å². The number of carbonyl (C=O) groups is 2. The van der Waals surface area contributed by atoms with Crippen LogP contribution < -0.4 is 11.1 Å². The largest absolute Gasteiger partial charge is 0.466 e. The number of nitrogens with one attached hydrogen (secondary N) is 1. The molecule has 28 heavy (non-hydrogen) atoms. The highest BCUT2D eigenvalue weighted by Gasteiger charge is 2.28. The Balaban J connectivity index is 0.00000280. The van der Waals surface area contributed by atoms with Gasteiger partial charge in [0.25, 0.3) is 5.91 Å². The number of rotatable bonds is 4. The number of furan rings is 1. The highest BCUT2D eigenvalue weighted by molar-refractivity contribution is 5.95. The maximum atomic E-state index is 12.7. The lowest BCUT2D eigenvalue weighted by Crippen LogP contribution is -2.48. The van der Waals surface area contributed by atoms with Gasteiger partial charge in [-0.15, -0.1) is 12.4 Å². The Hall–Kier alpha value is -2.31. The molecule has 152 valence electrons. The monoisotopic (exact) mass is 405 g/mol. The lowest BCUT2D eigenvalue weighted by atomic mass is 10.0. The second kappa shape index (κ2) is 9.26. The van der Waals surface area contributed by atoms with Crippen LogP contribution in [0.3, 0.4) is 0 Å². The van der Waals surface area contributed by atoms with E-state index in [0.717, 1.165) is 16.9 Å². The molecule has 1 saturated heterocycles. The van der Waals surface area contributed by atoms with Crippen LogP contribution in [0.2, 0.25) is 0 Å². The number of hydrogen-bond donors (Lipinski definition) is 2. The lowest BCUT2D eigenvalue weighted by Gasteiger charge is -2.34. The Morgan fingerprint density at radius 3 is 2.29 bits per heavy atom. The molecular formula is C21H28ClN3O3. The van der Waals surface area contributed by atoms with Crippen LogP contribution in [0.25, 0.3) is 0 Å². The number of aryl methyl sites for hydroxylation is 3. The first-order chi connectivity index (χ1) is 12.8. The van der Waals surface area contributed by atoms with Gasteiger partial charge in [-0.05, 0) is 45.2 Å². The van der Waals surface area contributed by atoms with Crippen LogP contribution in [0.5, 0.6) is 0 Å². The zero-order chi connectivity index (χ0) is 19.6. The summed E-state index contributed by atoms with van der Waals surface area (Å²) >= 11 is 0. The molecule has 2 aromatic rings. The molecule has 1 unspecified atom stereocenters. The second-order valence-electron chi connectivity index (χ2n) is 7.29. The molecule has 6 nitrogen and oxygen atoms in total. The van der Waals surface area contributed by atoms with Crippen molar-refractivity contribution in [3.8, 4) is 0 Å². The fourth-order valence-corrected chi connectivity index (χ4v) is 3.48. The molecule has 3 rings (SSSR count). The second-order valence-corrected chi connectivity index (χ2v) is 7.29. The molecule has 1 aromatic carbocycles. The zero-order valence-corrected chi connectivity index (χ0v) is 17.3. The average Bonchev–Trinajstić information content (AvgIpc) is 3.00. The van der Waals surface area contributed by atoms with E-state index >= 15 is 0 Å². The van der Waals surface area contributed by atoms with Gasteiger partial charge in [0.15, 0.2) is 0 Å². The molecule has 0 bridgehead atoms. The van der Waals surface area contributed by atoms with Crippen molar-refractivity contribution < 1.29 is 14.0 Å². The molecular weight excluding hydrogens is 378 g/mol. The van der Waals surface area contributed by atoms with E-state index < -0.39 is 6.04 Å². The molecule has 1 aliphatic heterocycles. The maximum Gasteiger partial charge on any atom is 0.255 e. The van der Waals surface area contributed by atoms with Gasteiger partial charge in [0.2, 0.25) is 5.91 Å². The van der Waals surface area contributed by atoms with E-state index in [9.17, 15) is 9.59 Å². The summed E-state index contributed by atoms with van der Waals surface area (Å²) in [4.78, 5) is 26.9. The van der Waals surface area contributed by atoms with Crippen LogP contribution in [0.4, 0.5) is 0 Å². The number of halogens is 1. The summed E-state index contributed by atoms with van der Waals surface area (Å²) < 4.78 is 5.42. The van der Waals surface area contributed by atoms with Gasteiger partial charge in [0, 0.05) is 19.1 Å². The summed E-state index contributed by atoms with van der Waals surface area (Å²) in [6.07, 6.45) is 1.43. The first-order valence-corrected chi connectivity index (χ1v) is 9.34. The first kappa shape index (κ1) is 22.0. The minimum atomic E-state index is -0.645. The fourth-order valence-electron chi connectivity index (χ4n) is 3.48. The number of carbonyl (C=O) groups excluding carboxylic acids is 2. The molecule has 0 spiro atoms. The smallest absolute Gasteiger partial charge is 0.255 e. The third kappa shape index (κ3) is 4.94. The minimum Gasteiger partial charge on any atom is -0.466 e. The molecule has 1 atom stereocenters. The molecule has 1 fully saturated rings. The molecule has 7 heteroatoms. The molecule has 2 heterocycles. The molecule has 0 saturated carbocycles. The van der Waals surface area contributed by atoms with Crippen LogP contribution in [0.15, 0.2) is 34.7 Å². The van der Waals surface area contributed by atoms with Crippen molar-refractivity contribution >= 4 is 24.2 Å². The van der Waals surface area contributed by atoms with E-state index in [1.54, 1.807) is 17.9 Å². The topological polar surface area (TPSA) is 88.6 Å². The number of likely N-dealkylation sites (tertiary alicyclic amines) is 1. The summed E-state index contributed by atoms with van der Waals surface area (Å²) in [5.41, 5.74) is 8.70. The normalized spacial score (nSPS) is 15.6. The van der Waals surface area contributed by atoms with E-state index in [-0.39, 0.29) is 30.3 Å². The van der Waals surface area contributed by atoms with E-state index in [2.05, 4.69) is 5.32 Å². The van der Waals surface area contributed by atoms with Gasteiger partial charge in [0.1, 0.15) is 17.6 Å². The van der Waals surface area contributed by atoms with Crippen LogP contribution in [-0.2, 0) is 4.79 Å². The number of hydrogen-bond acceptors (Lipinski definition) is 4. The molecule has 0 radical (unpaired) electrons. The zero-order valence-electron chi connectivity index (χ0n) is 16.5. The molecule has 1 aromatic heterocycles. The molecule has 3 N–H and O–H groups in total. The third-order valence-electron chi connectivity index (χ3n) is 5.13. The number of piperidine rings is 1. The number of nitrogens with zero attached hydrogens (tertiary/aromatic N) is 1. The van der Waals surface area contributed by atoms with Crippen molar-refractivity contribution in [1.29, 1.82) is 0 Å². The third-order valence-corrected chi connectivity index (χ3v) is 5.13. The van der Waals surface area contributed by atoms with Crippen LogP contribution >= 0.6 is 12.4 Å². The van der Waals surface area contributed by atoms with Crippen molar-refractivity contribution in [2.24, 2.45) is 5.73 Å². The van der Waals surface area contributed by atoms with Crippen LogP contribution in [0.1, 0.15) is 51.9 Å². The van der Waals surface area contributed by atoms with E-state index in [0.29, 0.717) is 37.3 Å². The van der Waals surface area contributed by atoms with Gasteiger partial charge in [-0.25, -0.2) is 0 Å². The van der Waals surface area contributed by atoms with E-state index in [4.69, 9.17) is 10.2 Å². The summed E-state index contributed by atoms with van der Waals surface area (Å²) in [6, 6.07) is 8.89. The first-order valence-electron chi connectivity index (χ1n) is 9.34. The lowest BCUT2D eigenvalue weighted by molar-refractivity contribution is -0.133. The number of amides is 2. The van der Waals surface area contributed by atoms with Crippen molar-refractivity contribution in [1.82, 2.24) is 10.2 Å².